The van der Waals surface area contributed by atoms with Crippen molar-refractivity contribution in [2.45, 2.75) is 6.54 Å². The van der Waals surface area contributed by atoms with Gasteiger partial charge in [0.1, 0.15) is 5.65 Å². The Labute approximate surface area is 121 Å². The zero-order valence-electron chi connectivity index (χ0n) is 11.3. The number of imidazole rings is 1. The molecule has 0 spiro atoms. The Morgan fingerprint density at radius 2 is 2.05 bits per heavy atom. The molecule has 3 rings (SSSR count). The lowest BCUT2D eigenvalue weighted by atomic mass is 10.2. The average molecular weight is 281 g/mol. The number of benzene rings is 1. The van der Waals surface area contributed by atoms with Crippen molar-refractivity contribution >= 4 is 23.1 Å². The number of rotatable bonds is 4. The molecule has 106 valence electrons. The summed E-state index contributed by atoms with van der Waals surface area (Å²) in [6.07, 6.45) is 3.94. The molecule has 0 atom stereocenters. The fourth-order valence-electron chi connectivity index (χ4n) is 2.11. The Bertz CT molecular complexity index is 747. The number of primary amides is 1. The summed E-state index contributed by atoms with van der Waals surface area (Å²) in [5.41, 5.74) is 8.50. The topological polar surface area (TPSA) is 84.5 Å². The lowest BCUT2D eigenvalue weighted by Gasteiger charge is -2.07. The second kappa shape index (κ2) is 5.54. The predicted octanol–water partition coefficient (Wildman–Crippen LogP) is 2.44. The third kappa shape index (κ3) is 3.11. The van der Waals surface area contributed by atoms with Crippen LogP contribution in [0.1, 0.15) is 5.69 Å². The number of nitrogens with two attached hydrogens (primary N) is 1. The first-order chi connectivity index (χ1) is 10.2. The number of urea groups is 1. The monoisotopic (exact) mass is 281 g/mol. The minimum absolute atomic E-state index is 0.576. The summed E-state index contributed by atoms with van der Waals surface area (Å²) in [7, 11) is 0. The van der Waals surface area contributed by atoms with E-state index in [0.29, 0.717) is 12.2 Å². The molecule has 2 aromatic heterocycles. The number of hydrogen-bond acceptors (Lipinski definition) is 3. The third-order valence-corrected chi connectivity index (χ3v) is 3.02. The van der Waals surface area contributed by atoms with Crippen molar-refractivity contribution in [2.24, 2.45) is 5.73 Å². The van der Waals surface area contributed by atoms with Crippen molar-refractivity contribution in [3.05, 3.63) is 60.6 Å². The van der Waals surface area contributed by atoms with Gasteiger partial charge in [-0.15, -0.1) is 0 Å². The van der Waals surface area contributed by atoms with Gasteiger partial charge in [0.05, 0.1) is 12.2 Å². The van der Waals surface area contributed by atoms with Gasteiger partial charge < -0.3 is 20.8 Å². The largest absolute Gasteiger partial charge is 0.379 e. The number of amides is 2. The molecule has 2 amide bonds. The molecule has 0 aliphatic rings. The molecule has 0 aliphatic heterocycles. The summed E-state index contributed by atoms with van der Waals surface area (Å²) in [6, 6.07) is 12.7. The number of nitrogens with zero attached hydrogens (tertiary/aromatic N) is 2. The molecule has 0 fully saturated rings. The molecule has 6 heteroatoms. The van der Waals surface area contributed by atoms with Crippen LogP contribution in [-0.4, -0.2) is 15.4 Å². The third-order valence-electron chi connectivity index (χ3n) is 3.02. The lowest BCUT2D eigenvalue weighted by molar-refractivity contribution is 0.259. The van der Waals surface area contributed by atoms with Gasteiger partial charge in [0, 0.05) is 23.8 Å². The SMILES string of the molecule is NC(=O)Nc1cccc(NCc2cn3ccccc3n2)c1. The number of pyridine rings is 1. The first-order valence-electron chi connectivity index (χ1n) is 6.54. The van der Waals surface area contributed by atoms with Crippen LogP contribution in [0.3, 0.4) is 0 Å². The van der Waals surface area contributed by atoms with Crippen LogP contribution in [0.15, 0.2) is 54.9 Å². The smallest absolute Gasteiger partial charge is 0.316 e. The highest BCUT2D eigenvalue weighted by Crippen LogP contribution is 2.16. The van der Waals surface area contributed by atoms with Gasteiger partial charge in [-0.2, -0.15) is 0 Å². The zero-order chi connectivity index (χ0) is 14.7. The van der Waals surface area contributed by atoms with E-state index in [9.17, 15) is 4.79 Å². The molecule has 0 aliphatic carbocycles. The Morgan fingerprint density at radius 3 is 2.86 bits per heavy atom. The molecular weight excluding hydrogens is 266 g/mol. The van der Waals surface area contributed by atoms with Gasteiger partial charge in [0.15, 0.2) is 0 Å². The maximum atomic E-state index is 10.8. The summed E-state index contributed by atoms with van der Waals surface area (Å²) in [4.78, 5) is 15.3. The fourth-order valence-corrected chi connectivity index (χ4v) is 2.11. The molecule has 0 unspecified atom stereocenters. The summed E-state index contributed by atoms with van der Waals surface area (Å²) < 4.78 is 1.97. The lowest BCUT2D eigenvalue weighted by Crippen LogP contribution is -2.19. The minimum atomic E-state index is -0.576. The maximum Gasteiger partial charge on any atom is 0.316 e. The van der Waals surface area contributed by atoms with Crippen LogP contribution in [-0.2, 0) is 6.54 Å². The van der Waals surface area contributed by atoms with E-state index in [2.05, 4.69) is 15.6 Å². The van der Waals surface area contributed by atoms with E-state index in [-0.39, 0.29) is 0 Å². The summed E-state index contributed by atoms with van der Waals surface area (Å²) in [6.45, 7) is 0.599. The van der Waals surface area contributed by atoms with E-state index < -0.39 is 6.03 Å². The van der Waals surface area contributed by atoms with E-state index >= 15 is 0 Å². The molecule has 0 saturated carbocycles. The van der Waals surface area contributed by atoms with Crippen LogP contribution in [0.25, 0.3) is 5.65 Å². The Hall–Kier alpha value is -3.02. The van der Waals surface area contributed by atoms with Crippen molar-refractivity contribution in [1.82, 2.24) is 9.38 Å². The van der Waals surface area contributed by atoms with Crippen LogP contribution < -0.4 is 16.4 Å². The number of nitrogens with one attached hydrogen (secondary N) is 2. The fraction of sp³-hybridized carbons (Fsp3) is 0.0667. The molecule has 0 radical (unpaired) electrons. The number of hydrogen-bond donors (Lipinski definition) is 3. The van der Waals surface area contributed by atoms with Gasteiger partial charge in [-0.05, 0) is 30.3 Å². The summed E-state index contributed by atoms with van der Waals surface area (Å²) in [5, 5.41) is 5.81. The van der Waals surface area contributed by atoms with Crippen LogP contribution >= 0.6 is 0 Å². The molecule has 1 aromatic carbocycles. The van der Waals surface area contributed by atoms with Crippen molar-refractivity contribution in [3.63, 3.8) is 0 Å². The number of aromatic nitrogens is 2. The Balaban J connectivity index is 1.70. The van der Waals surface area contributed by atoms with Crippen molar-refractivity contribution in [2.75, 3.05) is 10.6 Å². The van der Waals surface area contributed by atoms with Gasteiger partial charge in [-0.1, -0.05) is 12.1 Å². The van der Waals surface area contributed by atoms with Crippen molar-refractivity contribution in [1.29, 1.82) is 0 Å². The molecule has 3 aromatic rings. The number of carbonyl (C=O) groups is 1. The van der Waals surface area contributed by atoms with Crippen molar-refractivity contribution in [3.8, 4) is 0 Å². The number of carbonyl (C=O) groups excluding carboxylic acids is 1. The first kappa shape index (κ1) is 13.0. The first-order valence-corrected chi connectivity index (χ1v) is 6.54. The Kier molecular flexibility index (Phi) is 3.42. The van der Waals surface area contributed by atoms with Crippen LogP contribution in [0.2, 0.25) is 0 Å². The molecule has 21 heavy (non-hydrogen) atoms. The minimum Gasteiger partial charge on any atom is -0.379 e. The standard InChI is InChI=1S/C15H15N5O/c16-15(21)19-12-5-3-4-11(8-12)17-9-13-10-20-7-2-1-6-14(20)18-13/h1-8,10,17H,9H2,(H3,16,19,21). The van der Waals surface area contributed by atoms with E-state index in [0.717, 1.165) is 17.0 Å². The van der Waals surface area contributed by atoms with Gasteiger partial charge in [0.2, 0.25) is 0 Å². The zero-order valence-corrected chi connectivity index (χ0v) is 11.3. The molecule has 6 nitrogen and oxygen atoms in total. The molecule has 0 bridgehead atoms. The highest BCUT2D eigenvalue weighted by atomic mass is 16.2. The average Bonchev–Trinajstić information content (AvgIpc) is 2.87. The van der Waals surface area contributed by atoms with Gasteiger partial charge in [0.25, 0.3) is 0 Å². The van der Waals surface area contributed by atoms with E-state index in [1.54, 1.807) is 6.07 Å². The number of anilines is 2. The molecule has 0 saturated heterocycles. The maximum absolute atomic E-state index is 10.8. The second-order valence-electron chi connectivity index (χ2n) is 4.62. The van der Waals surface area contributed by atoms with E-state index in [1.807, 2.05) is 53.2 Å². The highest BCUT2D eigenvalue weighted by Gasteiger charge is 2.02. The second-order valence-corrected chi connectivity index (χ2v) is 4.62. The number of fused-ring (bicyclic) bond motifs is 1. The summed E-state index contributed by atoms with van der Waals surface area (Å²) in [5.74, 6) is 0. The molecular formula is C15H15N5O. The van der Waals surface area contributed by atoms with Crippen LogP contribution in [0.5, 0.6) is 0 Å². The van der Waals surface area contributed by atoms with Gasteiger partial charge >= 0.3 is 6.03 Å². The van der Waals surface area contributed by atoms with Crippen LogP contribution in [0.4, 0.5) is 16.2 Å². The summed E-state index contributed by atoms with van der Waals surface area (Å²) >= 11 is 0. The predicted molar refractivity (Wildman–Crippen MR) is 82.2 cm³/mol. The molecule has 4 N–H and O–H groups in total. The quantitative estimate of drug-likeness (QED) is 0.686. The normalized spacial score (nSPS) is 10.5. The van der Waals surface area contributed by atoms with Crippen molar-refractivity contribution < 1.29 is 4.79 Å². The Morgan fingerprint density at radius 1 is 1.19 bits per heavy atom. The highest BCUT2D eigenvalue weighted by molar-refractivity contribution is 5.88. The molecule has 2 heterocycles. The van der Waals surface area contributed by atoms with E-state index in [1.165, 1.54) is 0 Å². The van der Waals surface area contributed by atoms with Gasteiger partial charge in [-0.3, -0.25) is 0 Å². The van der Waals surface area contributed by atoms with Crippen LogP contribution in [0, 0.1) is 0 Å². The van der Waals surface area contributed by atoms with Gasteiger partial charge in [-0.25, -0.2) is 9.78 Å². The van der Waals surface area contributed by atoms with E-state index in [4.69, 9.17) is 5.73 Å².